The highest BCUT2D eigenvalue weighted by atomic mass is 19.2. The summed E-state index contributed by atoms with van der Waals surface area (Å²) in [6, 6.07) is 7.09. The van der Waals surface area contributed by atoms with Gasteiger partial charge in [0.25, 0.3) is 0 Å². The van der Waals surface area contributed by atoms with Gasteiger partial charge in [-0.25, -0.2) is 28.1 Å². The van der Waals surface area contributed by atoms with E-state index in [0.717, 1.165) is 37.3 Å². The molecule has 0 spiro atoms. The van der Waals surface area contributed by atoms with Gasteiger partial charge in [0.05, 0.1) is 5.52 Å². The van der Waals surface area contributed by atoms with E-state index in [1.165, 1.54) is 6.07 Å². The lowest BCUT2D eigenvalue weighted by Crippen LogP contribution is -2.53. The molecule has 2 atom stereocenters. The maximum Gasteiger partial charge on any atom is 0.327 e. The van der Waals surface area contributed by atoms with Gasteiger partial charge in [-0.1, -0.05) is 25.0 Å². The number of aromatic amines is 1. The second-order valence-corrected chi connectivity index (χ2v) is 11.8. The molecule has 0 radical (unpaired) electrons. The van der Waals surface area contributed by atoms with Gasteiger partial charge in [-0.2, -0.15) is 0 Å². The fraction of sp³-hybridized carbons (Fsp3) is 0.533. The number of hydrogen-bond donors (Lipinski definition) is 3. The summed E-state index contributed by atoms with van der Waals surface area (Å²) in [6.07, 6.45) is 7.91. The average Bonchev–Trinajstić information content (AvgIpc) is 3.56. The van der Waals surface area contributed by atoms with Gasteiger partial charge < -0.3 is 20.4 Å². The molecule has 12 heteroatoms. The van der Waals surface area contributed by atoms with Crippen LogP contribution >= 0.6 is 0 Å². The monoisotopic (exact) mass is 581 g/mol. The number of nitrogens with zero attached hydrogens (tertiary/aromatic N) is 4. The molecular formula is C30H37F2N7O3. The van der Waals surface area contributed by atoms with Crippen LogP contribution in [0.15, 0.2) is 41.3 Å². The number of piperidine rings is 1. The molecule has 2 saturated heterocycles. The van der Waals surface area contributed by atoms with Crippen LogP contribution < -0.4 is 16.3 Å². The third kappa shape index (κ3) is 5.84. The summed E-state index contributed by atoms with van der Waals surface area (Å²) >= 11 is 0. The molecule has 6 rings (SSSR count). The number of imidazole rings is 1. The standard InChI is InChI=1S/C30H37F2N7O3/c31-24-8-3-7-23(26(24)32)19-10-11-21(18-38(17-19)29(41)34-20-5-1-2-6-20)35-28(40)37-15-12-22(13-16-37)39-25-9-4-14-33-27(25)36-30(39)42/h3-4,7-9,14,19-22H,1-2,5-6,10-13,15-18H2,(H,34,41)(H,35,40)(H,33,36,42)/t19-,21-/m1/s1. The Morgan fingerprint density at radius 3 is 2.38 bits per heavy atom. The molecule has 3 aromatic rings. The van der Waals surface area contributed by atoms with Crippen LogP contribution in [0.4, 0.5) is 18.4 Å². The van der Waals surface area contributed by atoms with E-state index < -0.39 is 17.6 Å². The van der Waals surface area contributed by atoms with Crippen LogP contribution in [0.2, 0.25) is 0 Å². The predicted octanol–water partition coefficient (Wildman–Crippen LogP) is 4.25. The number of amides is 4. The molecular weight excluding hydrogens is 544 g/mol. The molecule has 1 aliphatic carbocycles. The Morgan fingerprint density at radius 2 is 1.60 bits per heavy atom. The highest BCUT2D eigenvalue weighted by molar-refractivity contribution is 5.76. The molecule has 42 heavy (non-hydrogen) atoms. The lowest BCUT2D eigenvalue weighted by Gasteiger charge is -2.34. The molecule has 4 amide bonds. The van der Waals surface area contributed by atoms with Gasteiger partial charge in [0.1, 0.15) is 0 Å². The molecule has 3 N–H and O–H groups in total. The van der Waals surface area contributed by atoms with Gasteiger partial charge in [-0.15, -0.1) is 0 Å². The molecule has 1 aromatic carbocycles. The van der Waals surface area contributed by atoms with E-state index in [2.05, 4.69) is 20.6 Å². The number of rotatable bonds is 4. The number of pyridine rings is 1. The molecule has 2 aliphatic heterocycles. The Hall–Kier alpha value is -3.96. The van der Waals surface area contributed by atoms with Crippen molar-refractivity contribution in [3.63, 3.8) is 0 Å². The van der Waals surface area contributed by atoms with Crippen LogP contribution in [0.25, 0.3) is 11.2 Å². The lowest BCUT2D eigenvalue weighted by atomic mass is 9.93. The van der Waals surface area contributed by atoms with E-state index in [0.29, 0.717) is 44.4 Å². The Bertz CT molecular complexity index is 1490. The van der Waals surface area contributed by atoms with E-state index in [4.69, 9.17) is 0 Å². The SMILES string of the molecule is O=C(NC1CCCC1)N1C[C@H](NC(=O)N2CCC(n3c(=O)[nH]c4ncccc43)CC2)CC[C@@H](c2cccc(F)c2F)C1. The third-order valence-corrected chi connectivity index (χ3v) is 9.07. The molecule has 4 heterocycles. The van der Waals surface area contributed by atoms with Gasteiger partial charge in [-0.3, -0.25) is 9.55 Å². The van der Waals surface area contributed by atoms with E-state index in [1.54, 1.807) is 32.7 Å². The van der Waals surface area contributed by atoms with Gasteiger partial charge >= 0.3 is 17.8 Å². The number of fused-ring (bicyclic) bond motifs is 1. The molecule has 3 aliphatic rings. The quantitative estimate of drug-likeness (QED) is 0.427. The third-order valence-electron chi connectivity index (χ3n) is 9.07. The van der Waals surface area contributed by atoms with Gasteiger partial charge in [0.15, 0.2) is 17.3 Å². The highest BCUT2D eigenvalue weighted by Gasteiger charge is 2.33. The zero-order chi connectivity index (χ0) is 29.2. The molecule has 3 fully saturated rings. The summed E-state index contributed by atoms with van der Waals surface area (Å²) in [7, 11) is 0. The topological polar surface area (TPSA) is 115 Å². The molecule has 224 valence electrons. The van der Waals surface area contributed by atoms with Crippen LogP contribution in [-0.4, -0.2) is 74.7 Å². The fourth-order valence-electron chi connectivity index (χ4n) is 6.81. The van der Waals surface area contributed by atoms with Gasteiger partial charge in [0, 0.05) is 56.4 Å². The number of halogens is 2. The summed E-state index contributed by atoms with van der Waals surface area (Å²) in [6.45, 7) is 1.48. The second kappa shape index (κ2) is 12.1. The minimum Gasteiger partial charge on any atom is -0.335 e. The molecule has 1 saturated carbocycles. The van der Waals surface area contributed by atoms with Crippen LogP contribution in [0, 0.1) is 11.6 Å². The van der Waals surface area contributed by atoms with E-state index in [1.807, 2.05) is 6.07 Å². The maximum atomic E-state index is 14.8. The Balaban J connectivity index is 1.12. The Morgan fingerprint density at radius 1 is 0.857 bits per heavy atom. The van der Waals surface area contributed by atoms with Gasteiger partial charge in [0.2, 0.25) is 0 Å². The number of urea groups is 2. The lowest BCUT2D eigenvalue weighted by molar-refractivity contribution is 0.162. The number of H-pyrrole nitrogens is 1. The summed E-state index contributed by atoms with van der Waals surface area (Å²) in [5.41, 5.74) is 1.36. The van der Waals surface area contributed by atoms with Crippen molar-refractivity contribution in [2.45, 2.75) is 75.4 Å². The predicted molar refractivity (Wildman–Crippen MR) is 153 cm³/mol. The largest absolute Gasteiger partial charge is 0.335 e. The first-order valence-electron chi connectivity index (χ1n) is 15.0. The van der Waals surface area contributed by atoms with Crippen LogP contribution in [-0.2, 0) is 0 Å². The first-order chi connectivity index (χ1) is 20.4. The maximum absolute atomic E-state index is 14.8. The molecule has 0 bridgehead atoms. The number of hydrogen-bond acceptors (Lipinski definition) is 4. The smallest absolute Gasteiger partial charge is 0.327 e. The summed E-state index contributed by atoms with van der Waals surface area (Å²) in [5, 5.41) is 6.22. The number of aromatic nitrogens is 3. The van der Waals surface area contributed by atoms with E-state index in [-0.39, 0.29) is 54.5 Å². The zero-order valence-electron chi connectivity index (χ0n) is 23.5. The second-order valence-electron chi connectivity index (χ2n) is 11.8. The number of nitrogens with one attached hydrogen (secondary N) is 3. The minimum absolute atomic E-state index is 0.0472. The van der Waals surface area contributed by atoms with Crippen LogP contribution in [0.5, 0.6) is 0 Å². The first kappa shape index (κ1) is 28.2. The number of carbonyl (C=O) groups is 2. The first-order valence-corrected chi connectivity index (χ1v) is 15.0. The van der Waals surface area contributed by atoms with E-state index >= 15 is 0 Å². The zero-order valence-corrected chi connectivity index (χ0v) is 23.5. The summed E-state index contributed by atoms with van der Waals surface area (Å²) < 4.78 is 30.6. The molecule has 2 aromatic heterocycles. The van der Waals surface area contributed by atoms with Crippen molar-refractivity contribution in [2.75, 3.05) is 26.2 Å². The van der Waals surface area contributed by atoms with Crippen molar-refractivity contribution < 1.29 is 18.4 Å². The number of benzene rings is 1. The van der Waals surface area contributed by atoms with Gasteiger partial charge in [-0.05, 0) is 62.3 Å². The number of carbonyl (C=O) groups excluding carboxylic acids is 2. The van der Waals surface area contributed by atoms with E-state index in [9.17, 15) is 23.2 Å². The fourth-order valence-corrected chi connectivity index (χ4v) is 6.81. The van der Waals surface area contributed by atoms with Crippen molar-refractivity contribution in [3.05, 3.63) is 64.2 Å². The highest BCUT2D eigenvalue weighted by Crippen LogP contribution is 2.30. The van der Waals surface area contributed by atoms with Crippen molar-refractivity contribution in [2.24, 2.45) is 0 Å². The van der Waals surface area contributed by atoms with Crippen molar-refractivity contribution in [1.29, 1.82) is 0 Å². The van der Waals surface area contributed by atoms with Crippen molar-refractivity contribution >= 4 is 23.2 Å². The summed E-state index contributed by atoms with van der Waals surface area (Å²) in [4.78, 5) is 49.7. The van der Waals surface area contributed by atoms with Crippen molar-refractivity contribution in [1.82, 2.24) is 35.0 Å². The summed E-state index contributed by atoms with van der Waals surface area (Å²) in [5.74, 6) is -2.18. The van der Waals surface area contributed by atoms with Crippen molar-refractivity contribution in [3.8, 4) is 0 Å². The Labute approximate surface area is 242 Å². The molecule has 10 nitrogen and oxygen atoms in total. The molecule has 0 unspecified atom stereocenters. The van der Waals surface area contributed by atoms with Crippen LogP contribution in [0.3, 0.4) is 0 Å². The normalized spacial score (nSPS) is 22.3. The minimum atomic E-state index is -0.905. The Kier molecular flexibility index (Phi) is 8.12. The number of likely N-dealkylation sites (tertiary alicyclic amines) is 2. The van der Waals surface area contributed by atoms with Crippen LogP contribution in [0.1, 0.15) is 68.9 Å². The average molecular weight is 582 g/mol.